The average molecular weight is 605 g/mol. The number of hydrogen-bond donors (Lipinski definition) is 1. The summed E-state index contributed by atoms with van der Waals surface area (Å²) in [6, 6.07) is 23.8. The number of rotatable bonds is 9. The van der Waals surface area contributed by atoms with E-state index in [2.05, 4.69) is 27.9 Å². The molecule has 0 aromatic heterocycles. The van der Waals surface area contributed by atoms with E-state index in [9.17, 15) is 9.59 Å². The Bertz CT molecular complexity index is 1130. The highest BCUT2D eigenvalue weighted by Crippen LogP contribution is 2.19. The molecule has 3 rings (SSSR count). The molecule has 0 saturated heterocycles. The maximum atomic E-state index is 13.6. The second-order valence-electron chi connectivity index (χ2n) is 9.34. The van der Waals surface area contributed by atoms with Gasteiger partial charge in [0.1, 0.15) is 11.8 Å². The van der Waals surface area contributed by atoms with E-state index in [1.165, 1.54) is 0 Å². The monoisotopic (exact) mass is 604 g/mol. The van der Waals surface area contributed by atoms with Crippen LogP contribution in [0.4, 0.5) is 0 Å². The van der Waals surface area contributed by atoms with Gasteiger partial charge in [0.15, 0.2) is 6.61 Å². The molecule has 0 aliphatic heterocycles. The minimum atomic E-state index is -0.733. The number of carbonyl (C=O) groups is 2. The van der Waals surface area contributed by atoms with Crippen molar-refractivity contribution in [2.24, 2.45) is 0 Å². The maximum absolute atomic E-state index is 13.6. The van der Waals surface area contributed by atoms with Gasteiger partial charge in [-0.1, -0.05) is 54.1 Å². The normalized spacial score (nSPS) is 12.0. The molecule has 0 saturated carbocycles. The molecule has 2 amide bonds. The fourth-order valence-corrected chi connectivity index (χ4v) is 4.17. The van der Waals surface area contributed by atoms with Crippen molar-refractivity contribution in [1.29, 1.82) is 0 Å². The first kappa shape index (κ1) is 27.0. The molecule has 3 aromatic carbocycles. The van der Waals surface area contributed by atoms with Crippen LogP contribution < -0.4 is 10.1 Å². The molecule has 7 heteroatoms. The molecule has 0 aliphatic carbocycles. The van der Waals surface area contributed by atoms with Crippen molar-refractivity contribution < 1.29 is 14.3 Å². The molecule has 184 valence electrons. The summed E-state index contributed by atoms with van der Waals surface area (Å²) < 4.78 is 6.87. The van der Waals surface area contributed by atoms with Crippen LogP contribution in [0.2, 0.25) is 5.02 Å². The standard InChI is InChI=1S/C28H30ClIN2O3/c1-28(2,3)31-27(34)25(17-20-8-5-4-6-9-20)32(18-21-10-7-11-22(29)16-21)26(33)19-35-24-14-12-23(30)13-15-24/h4-16,25H,17-19H2,1-3H3,(H,31,34). The zero-order chi connectivity index (χ0) is 25.4. The van der Waals surface area contributed by atoms with Gasteiger partial charge >= 0.3 is 0 Å². The Hall–Kier alpha value is -2.58. The zero-order valence-corrected chi connectivity index (χ0v) is 23.0. The second-order valence-corrected chi connectivity index (χ2v) is 11.0. The summed E-state index contributed by atoms with van der Waals surface area (Å²) in [5.41, 5.74) is 1.35. The van der Waals surface area contributed by atoms with Gasteiger partial charge in [-0.3, -0.25) is 9.59 Å². The molecular formula is C28H30ClIN2O3. The van der Waals surface area contributed by atoms with Crippen molar-refractivity contribution in [3.63, 3.8) is 0 Å². The van der Waals surface area contributed by atoms with Gasteiger partial charge in [0.25, 0.3) is 5.91 Å². The molecule has 1 atom stereocenters. The van der Waals surface area contributed by atoms with Crippen LogP contribution >= 0.6 is 34.2 Å². The van der Waals surface area contributed by atoms with E-state index >= 15 is 0 Å². The summed E-state index contributed by atoms with van der Waals surface area (Å²) in [7, 11) is 0. The lowest BCUT2D eigenvalue weighted by Crippen LogP contribution is -2.55. The molecule has 35 heavy (non-hydrogen) atoms. The lowest BCUT2D eigenvalue weighted by atomic mass is 10.0. The van der Waals surface area contributed by atoms with E-state index < -0.39 is 11.6 Å². The van der Waals surface area contributed by atoms with Gasteiger partial charge in [-0.15, -0.1) is 0 Å². The van der Waals surface area contributed by atoms with Gasteiger partial charge in [-0.25, -0.2) is 0 Å². The minimum absolute atomic E-state index is 0.185. The highest BCUT2D eigenvalue weighted by atomic mass is 127. The predicted octanol–water partition coefficient (Wildman–Crippen LogP) is 5.88. The summed E-state index contributed by atoms with van der Waals surface area (Å²) in [6.45, 7) is 5.81. The molecule has 0 aliphatic rings. The van der Waals surface area contributed by atoms with E-state index in [0.717, 1.165) is 14.7 Å². The van der Waals surface area contributed by atoms with E-state index in [1.807, 2.05) is 93.6 Å². The summed E-state index contributed by atoms with van der Waals surface area (Å²) in [6.07, 6.45) is 0.374. The summed E-state index contributed by atoms with van der Waals surface area (Å²) in [5.74, 6) is 0.0970. The van der Waals surface area contributed by atoms with Crippen LogP contribution in [0, 0.1) is 3.57 Å². The molecule has 3 aromatic rings. The minimum Gasteiger partial charge on any atom is -0.484 e. The number of carbonyl (C=O) groups excluding carboxylic acids is 2. The molecular weight excluding hydrogens is 575 g/mol. The highest BCUT2D eigenvalue weighted by Gasteiger charge is 2.32. The number of halogens is 2. The third-order valence-electron chi connectivity index (χ3n) is 5.19. The summed E-state index contributed by atoms with van der Waals surface area (Å²) >= 11 is 8.43. The number of nitrogens with zero attached hydrogens (tertiary/aromatic N) is 1. The highest BCUT2D eigenvalue weighted by molar-refractivity contribution is 14.1. The Balaban J connectivity index is 1.92. The molecule has 0 fully saturated rings. The molecule has 1 N–H and O–H groups in total. The van der Waals surface area contributed by atoms with Gasteiger partial charge in [0, 0.05) is 27.1 Å². The van der Waals surface area contributed by atoms with Crippen molar-refractivity contribution in [2.75, 3.05) is 6.61 Å². The molecule has 0 spiro atoms. The lowest BCUT2D eigenvalue weighted by Gasteiger charge is -2.33. The van der Waals surface area contributed by atoms with Crippen molar-refractivity contribution >= 4 is 46.0 Å². The number of ether oxygens (including phenoxy) is 1. The van der Waals surface area contributed by atoms with Crippen LogP contribution in [0.1, 0.15) is 31.9 Å². The topological polar surface area (TPSA) is 58.6 Å². The van der Waals surface area contributed by atoms with Crippen LogP contribution in [0.5, 0.6) is 5.75 Å². The van der Waals surface area contributed by atoms with Crippen LogP contribution in [-0.2, 0) is 22.6 Å². The maximum Gasteiger partial charge on any atom is 0.261 e. The van der Waals surface area contributed by atoms with E-state index in [0.29, 0.717) is 17.2 Å². The first-order valence-electron chi connectivity index (χ1n) is 11.4. The van der Waals surface area contributed by atoms with Crippen molar-refractivity contribution in [3.05, 3.63) is 98.6 Å². The van der Waals surface area contributed by atoms with E-state index in [4.69, 9.17) is 16.3 Å². The molecule has 1 unspecified atom stereocenters. The zero-order valence-electron chi connectivity index (χ0n) is 20.1. The SMILES string of the molecule is CC(C)(C)NC(=O)C(Cc1ccccc1)N(Cc1cccc(Cl)c1)C(=O)COc1ccc(I)cc1. The Labute approximate surface area is 226 Å². The van der Waals surface area contributed by atoms with Crippen molar-refractivity contribution in [1.82, 2.24) is 10.2 Å². The first-order chi connectivity index (χ1) is 16.6. The van der Waals surface area contributed by atoms with Crippen molar-refractivity contribution in [2.45, 2.75) is 45.3 Å². The smallest absolute Gasteiger partial charge is 0.261 e. The molecule has 5 nitrogen and oxygen atoms in total. The van der Waals surface area contributed by atoms with Crippen LogP contribution in [-0.4, -0.2) is 34.9 Å². The fraction of sp³-hybridized carbons (Fsp3) is 0.286. The van der Waals surface area contributed by atoms with Crippen LogP contribution in [0.15, 0.2) is 78.9 Å². The first-order valence-corrected chi connectivity index (χ1v) is 12.8. The number of amides is 2. The van der Waals surface area contributed by atoms with Gasteiger partial charge in [0.05, 0.1) is 0 Å². The van der Waals surface area contributed by atoms with Gasteiger partial charge < -0.3 is 15.0 Å². The van der Waals surface area contributed by atoms with Crippen LogP contribution in [0.3, 0.4) is 0 Å². The van der Waals surface area contributed by atoms with E-state index in [1.54, 1.807) is 11.0 Å². The quantitative estimate of drug-likeness (QED) is 0.311. The third-order valence-corrected chi connectivity index (χ3v) is 6.14. The number of benzene rings is 3. The lowest BCUT2D eigenvalue weighted by molar-refractivity contribution is -0.143. The summed E-state index contributed by atoms with van der Waals surface area (Å²) in [4.78, 5) is 28.7. The van der Waals surface area contributed by atoms with Gasteiger partial charge in [-0.05, 0) is 90.9 Å². The Morgan fingerprint density at radius 1 is 0.971 bits per heavy atom. The fourth-order valence-electron chi connectivity index (χ4n) is 3.60. The molecule has 0 heterocycles. The third kappa shape index (κ3) is 8.85. The Morgan fingerprint density at radius 2 is 1.63 bits per heavy atom. The van der Waals surface area contributed by atoms with Gasteiger partial charge in [0.2, 0.25) is 5.91 Å². The van der Waals surface area contributed by atoms with Crippen LogP contribution in [0.25, 0.3) is 0 Å². The van der Waals surface area contributed by atoms with Gasteiger partial charge in [-0.2, -0.15) is 0 Å². The number of nitrogens with one attached hydrogen (secondary N) is 1. The molecule has 0 bridgehead atoms. The average Bonchev–Trinajstić information content (AvgIpc) is 2.80. The Kier molecular flexibility index (Phi) is 9.57. The summed E-state index contributed by atoms with van der Waals surface area (Å²) in [5, 5.41) is 3.62. The van der Waals surface area contributed by atoms with E-state index in [-0.39, 0.29) is 25.0 Å². The largest absolute Gasteiger partial charge is 0.484 e. The second kappa shape index (κ2) is 12.4. The Morgan fingerprint density at radius 3 is 2.26 bits per heavy atom. The number of hydrogen-bond acceptors (Lipinski definition) is 3. The molecule has 0 radical (unpaired) electrons. The predicted molar refractivity (Wildman–Crippen MR) is 148 cm³/mol. The van der Waals surface area contributed by atoms with Crippen molar-refractivity contribution in [3.8, 4) is 5.75 Å².